The van der Waals surface area contributed by atoms with E-state index < -0.39 is 12.0 Å². The third kappa shape index (κ3) is 4.45. The Balaban J connectivity index is 1.42. The Kier molecular flexibility index (Phi) is 5.27. The highest BCUT2D eigenvalue weighted by Gasteiger charge is 2.34. The summed E-state index contributed by atoms with van der Waals surface area (Å²) in [5.41, 5.74) is 2.00. The van der Waals surface area contributed by atoms with Crippen LogP contribution in [-0.4, -0.2) is 35.4 Å². The molecule has 0 bridgehead atoms. The molecule has 0 radical (unpaired) electrons. The maximum atomic E-state index is 12.6. The predicted molar refractivity (Wildman–Crippen MR) is 107 cm³/mol. The lowest BCUT2D eigenvalue weighted by atomic mass is 10.2. The molecule has 0 aliphatic heterocycles. The van der Waals surface area contributed by atoms with Crippen molar-refractivity contribution in [2.24, 2.45) is 7.05 Å². The lowest BCUT2D eigenvalue weighted by molar-refractivity contribution is -0.144. The van der Waals surface area contributed by atoms with Crippen LogP contribution in [0.4, 0.5) is 24.0 Å². The molecule has 4 heterocycles. The fourth-order valence-corrected chi connectivity index (χ4v) is 3.54. The molecule has 0 fully saturated rings. The largest absolute Gasteiger partial charge is 0.451 e. The summed E-state index contributed by atoms with van der Waals surface area (Å²) in [6.45, 7) is 1.79. The number of nitrogens with one attached hydrogen (secondary N) is 2. The van der Waals surface area contributed by atoms with Crippen molar-refractivity contribution in [2.75, 3.05) is 5.32 Å². The molecule has 4 aromatic rings. The third-order valence-corrected chi connectivity index (χ3v) is 5.39. The van der Waals surface area contributed by atoms with E-state index in [1.807, 2.05) is 7.05 Å². The van der Waals surface area contributed by atoms with Gasteiger partial charge in [0.15, 0.2) is 5.13 Å². The van der Waals surface area contributed by atoms with Crippen molar-refractivity contribution in [3.05, 3.63) is 53.6 Å². The number of aromatic nitrogens is 6. The maximum absolute atomic E-state index is 12.6. The molecular formula is C18H15F3N8OS. The molecule has 4 aromatic heterocycles. The fraction of sp³-hybridized carbons (Fsp3) is 0.222. The number of amides is 1. The van der Waals surface area contributed by atoms with E-state index in [4.69, 9.17) is 0 Å². The minimum Gasteiger partial charge on any atom is -0.343 e. The summed E-state index contributed by atoms with van der Waals surface area (Å²) >= 11 is 1.24. The molecule has 160 valence electrons. The van der Waals surface area contributed by atoms with Crippen molar-refractivity contribution in [3.63, 3.8) is 0 Å². The highest BCUT2D eigenvalue weighted by Crippen LogP contribution is 2.29. The summed E-state index contributed by atoms with van der Waals surface area (Å²) in [6.07, 6.45) is 2.21. The average Bonchev–Trinajstić information content (AvgIpc) is 3.34. The molecule has 1 atom stereocenters. The lowest BCUT2D eigenvalue weighted by Crippen LogP contribution is -2.26. The van der Waals surface area contributed by atoms with Crippen molar-refractivity contribution in [1.82, 2.24) is 34.8 Å². The smallest absolute Gasteiger partial charge is 0.343 e. The van der Waals surface area contributed by atoms with E-state index in [1.54, 1.807) is 30.1 Å². The Morgan fingerprint density at radius 2 is 1.84 bits per heavy atom. The minimum atomic E-state index is -4.60. The van der Waals surface area contributed by atoms with E-state index in [-0.39, 0.29) is 23.3 Å². The topological polar surface area (TPSA) is 111 Å². The zero-order valence-corrected chi connectivity index (χ0v) is 17.0. The number of thiazole rings is 1. The molecule has 0 aromatic carbocycles. The van der Waals surface area contributed by atoms with Gasteiger partial charge < -0.3 is 15.2 Å². The molecular weight excluding hydrogens is 433 g/mol. The first-order valence-electron chi connectivity index (χ1n) is 8.90. The Morgan fingerprint density at radius 3 is 2.55 bits per heavy atom. The second-order valence-electron chi connectivity index (χ2n) is 6.59. The number of nitrogens with zero attached hydrogens (tertiary/aromatic N) is 6. The van der Waals surface area contributed by atoms with Gasteiger partial charge in [-0.3, -0.25) is 4.79 Å². The Hall–Kier alpha value is -3.61. The summed E-state index contributed by atoms with van der Waals surface area (Å²) in [6, 6.07) is 1.29. The second kappa shape index (κ2) is 7.91. The molecule has 4 rings (SSSR count). The number of carbonyl (C=O) groups is 1. The quantitative estimate of drug-likeness (QED) is 0.481. The van der Waals surface area contributed by atoms with Crippen molar-refractivity contribution >= 4 is 39.1 Å². The molecule has 0 aliphatic rings. The molecule has 0 spiro atoms. The first kappa shape index (κ1) is 20.7. The van der Waals surface area contributed by atoms with Gasteiger partial charge in [-0.05, 0) is 13.0 Å². The van der Waals surface area contributed by atoms with Crippen LogP contribution >= 0.6 is 11.3 Å². The SMILES string of the molecule is CC(NC(=O)c1cc2c(cn1)ncn2C)c1cnc(Nc2cnc(C(F)(F)F)nc2)s1. The standard InChI is InChI=1S/C18H15F3N8OS/c1-9(27-15(30)11-3-13-12(6-22-11)26-8-29(13)2)14-7-25-17(31-14)28-10-4-23-16(24-5-10)18(19,20)21/h3-9H,1-2H3,(H,25,28)(H,27,30). The number of fused-ring (bicyclic) bond motifs is 1. The van der Waals surface area contributed by atoms with Crippen LogP contribution in [0.15, 0.2) is 37.2 Å². The molecule has 9 nitrogen and oxygen atoms in total. The molecule has 13 heteroatoms. The molecule has 0 saturated carbocycles. The van der Waals surface area contributed by atoms with Gasteiger partial charge in [0.25, 0.3) is 5.91 Å². The van der Waals surface area contributed by atoms with Crippen LogP contribution in [0, 0.1) is 0 Å². The summed E-state index contributed by atoms with van der Waals surface area (Å²) in [4.78, 5) is 32.4. The number of imidazole rings is 1. The predicted octanol–water partition coefficient (Wildman–Crippen LogP) is 3.47. The van der Waals surface area contributed by atoms with Crippen LogP contribution in [-0.2, 0) is 13.2 Å². The van der Waals surface area contributed by atoms with Gasteiger partial charge in [-0.2, -0.15) is 13.2 Å². The first-order valence-corrected chi connectivity index (χ1v) is 9.72. The van der Waals surface area contributed by atoms with Crippen LogP contribution < -0.4 is 10.6 Å². The van der Waals surface area contributed by atoms with Crippen molar-refractivity contribution in [1.29, 1.82) is 0 Å². The van der Waals surface area contributed by atoms with Gasteiger partial charge in [-0.1, -0.05) is 11.3 Å². The van der Waals surface area contributed by atoms with E-state index in [2.05, 4.69) is 35.6 Å². The lowest BCUT2D eigenvalue weighted by Gasteiger charge is -2.11. The molecule has 2 N–H and O–H groups in total. The number of alkyl halides is 3. The molecule has 0 saturated heterocycles. The Morgan fingerprint density at radius 1 is 1.10 bits per heavy atom. The number of pyridine rings is 1. The normalized spacial score (nSPS) is 12.7. The van der Waals surface area contributed by atoms with Gasteiger partial charge in [-0.25, -0.2) is 24.9 Å². The van der Waals surface area contributed by atoms with Gasteiger partial charge in [0, 0.05) is 18.1 Å². The minimum absolute atomic E-state index is 0.257. The van der Waals surface area contributed by atoms with Crippen molar-refractivity contribution in [2.45, 2.75) is 19.1 Å². The zero-order chi connectivity index (χ0) is 22.2. The van der Waals surface area contributed by atoms with Crippen molar-refractivity contribution < 1.29 is 18.0 Å². The van der Waals surface area contributed by atoms with E-state index in [0.29, 0.717) is 10.6 Å². The molecule has 31 heavy (non-hydrogen) atoms. The van der Waals surface area contributed by atoms with Crippen LogP contribution in [0.25, 0.3) is 11.0 Å². The number of rotatable bonds is 5. The van der Waals surface area contributed by atoms with Gasteiger partial charge in [0.05, 0.1) is 42.2 Å². The fourth-order valence-electron chi connectivity index (χ4n) is 2.70. The van der Waals surface area contributed by atoms with Crippen LogP contribution in [0.5, 0.6) is 0 Å². The summed E-state index contributed by atoms with van der Waals surface area (Å²) in [7, 11) is 1.83. The maximum Gasteiger partial charge on any atom is 0.451 e. The number of anilines is 2. The zero-order valence-electron chi connectivity index (χ0n) is 16.2. The number of halogens is 3. The highest BCUT2D eigenvalue weighted by molar-refractivity contribution is 7.15. The first-order chi connectivity index (χ1) is 14.7. The van der Waals surface area contributed by atoms with Crippen LogP contribution in [0.2, 0.25) is 0 Å². The summed E-state index contributed by atoms with van der Waals surface area (Å²) in [5.74, 6) is -1.57. The molecule has 0 aliphatic carbocycles. The van der Waals surface area contributed by atoms with E-state index in [0.717, 1.165) is 22.8 Å². The van der Waals surface area contributed by atoms with E-state index in [9.17, 15) is 18.0 Å². The third-order valence-electron chi connectivity index (χ3n) is 4.30. The molecule has 1 amide bonds. The highest BCUT2D eigenvalue weighted by atomic mass is 32.1. The number of carbonyl (C=O) groups excluding carboxylic acids is 1. The van der Waals surface area contributed by atoms with Gasteiger partial charge in [0.1, 0.15) is 11.2 Å². The molecule has 1 unspecified atom stereocenters. The number of aryl methyl sites for hydroxylation is 1. The van der Waals surface area contributed by atoms with Gasteiger partial charge >= 0.3 is 6.18 Å². The van der Waals surface area contributed by atoms with Gasteiger partial charge in [-0.15, -0.1) is 0 Å². The monoisotopic (exact) mass is 448 g/mol. The summed E-state index contributed by atoms with van der Waals surface area (Å²) < 4.78 is 39.4. The average molecular weight is 448 g/mol. The van der Waals surface area contributed by atoms with Crippen LogP contribution in [0.1, 0.15) is 34.2 Å². The Bertz CT molecular complexity index is 1230. The van der Waals surface area contributed by atoms with Crippen LogP contribution in [0.3, 0.4) is 0 Å². The summed E-state index contributed by atoms with van der Waals surface area (Å²) in [5, 5.41) is 6.12. The van der Waals surface area contributed by atoms with E-state index in [1.165, 1.54) is 17.5 Å². The Labute approximate surface area is 177 Å². The van der Waals surface area contributed by atoms with Gasteiger partial charge in [0.2, 0.25) is 5.82 Å². The number of hydrogen-bond acceptors (Lipinski definition) is 8. The van der Waals surface area contributed by atoms with Crippen molar-refractivity contribution in [3.8, 4) is 0 Å². The second-order valence-corrected chi connectivity index (χ2v) is 7.66. The number of hydrogen-bond donors (Lipinski definition) is 2. The van der Waals surface area contributed by atoms with E-state index >= 15 is 0 Å².